The van der Waals surface area contributed by atoms with Crippen LogP contribution in [0.15, 0.2) is 18.2 Å². The van der Waals surface area contributed by atoms with E-state index in [2.05, 4.69) is 10.6 Å². The van der Waals surface area contributed by atoms with E-state index in [1.165, 1.54) is 0 Å². The summed E-state index contributed by atoms with van der Waals surface area (Å²) < 4.78 is 5.73. The Bertz CT molecular complexity index is 481. The third-order valence-electron chi connectivity index (χ3n) is 3.84. The van der Waals surface area contributed by atoms with Gasteiger partial charge in [0.15, 0.2) is 5.78 Å². The number of carbonyl (C=O) groups excluding carboxylic acids is 1. The number of Topliss-reactive ketones (excluding diaryl/α,β-unsaturated/α-hetero) is 1. The molecule has 2 aliphatic heterocycles. The number of carbonyl (C=O) groups is 1. The van der Waals surface area contributed by atoms with Crippen molar-refractivity contribution in [3.63, 3.8) is 0 Å². The molecule has 0 bridgehead atoms. The van der Waals surface area contributed by atoms with Gasteiger partial charge >= 0.3 is 0 Å². The van der Waals surface area contributed by atoms with Gasteiger partial charge in [0.05, 0.1) is 12.2 Å². The van der Waals surface area contributed by atoms with E-state index >= 15 is 0 Å². The fourth-order valence-electron chi connectivity index (χ4n) is 2.75. The third-order valence-corrected chi connectivity index (χ3v) is 3.84. The Morgan fingerprint density at radius 2 is 2.26 bits per heavy atom. The molecule has 0 radical (unpaired) electrons. The first kappa shape index (κ1) is 12.5. The molecule has 2 unspecified atom stereocenters. The second-order valence-corrected chi connectivity index (χ2v) is 5.43. The molecule has 2 heterocycles. The van der Waals surface area contributed by atoms with E-state index in [0.717, 1.165) is 49.5 Å². The van der Waals surface area contributed by atoms with E-state index in [4.69, 9.17) is 4.74 Å². The lowest BCUT2D eigenvalue weighted by Crippen LogP contribution is -2.34. The number of hydrogen-bond donors (Lipinski definition) is 2. The first-order valence-corrected chi connectivity index (χ1v) is 7.03. The first-order chi connectivity index (χ1) is 9.24. The predicted octanol–water partition coefficient (Wildman–Crippen LogP) is 2.06. The second-order valence-electron chi connectivity index (χ2n) is 5.43. The van der Waals surface area contributed by atoms with Crippen molar-refractivity contribution in [2.45, 2.75) is 25.9 Å². The zero-order valence-corrected chi connectivity index (χ0v) is 11.2. The second kappa shape index (κ2) is 5.21. The van der Waals surface area contributed by atoms with Crippen LogP contribution in [0.5, 0.6) is 5.75 Å². The molecule has 4 nitrogen and oxygen atoms in total. The first-order valence-electron chi connectivity index (χ1n) is 7.03. The van der Waals surface area contributed by atoms with Gasteiger partial charge in [-0.15, -0.1) is 0 Å². The van der Waals surface area contributed by atoms with E-state index in [9.17, 15) is 4.79 Å². The molecule has 1 aromatic rings. The van der Waals surface area contributed by atoms with Gasteiger partial charge < -0.3 is 15.4 Å². The summed E-state index contributed by atoms with van der Waals surface area (Å²) in [4.78, 5) is 12.4. The standard InChI is InChI=1S/C15H20N2O2/c1-10-8-17-13-7-11(4-5-14(13)19-10)15(18)12-3-2-6-16-9-12/h4-5,7,10,12,16-17H,2-3,6,8-9H2,1H3. The maximum Gasteiger partial charge on any atom is 0.167 e. The molecule has 2 atom stereocenters. The van der Waals surface area contributed by atoms with Crippen LogP contribution < -0.4 is 15.4 Å². The zero-order valence-electron chi connectivity index (χ0n) is 11.2. The van der Waals surface area contributed by atoms with Crippen LogP contribution in [0.2, 0.25) is 0 Å². The largest absolute Gasteiger partial charge is 0.487 e. The Morgan fingerprint density at radius 1 is 1.37 bits per heavy atom. The van der Waals surface area contributed by atoms with Gasteiger partial charge in [-0.3, -0.25) is 4.79 Å². The number of nitrogens with one attached hydrogen (secondary N) is 2. The SMILES string of the molecule is CC1CNc2cc(C(=O)C3CCCNC3)ccc2O1. The van der Waals surface area contributed by atoms with Gasteiger partial charge in [-0.25, -0.2) is 0 Å². The van der Waals surface area contributed by atoms with Crippen LogP contribution in [0.1, 0.15) is 30.1 Å². The van der Waals surface area contributed by atoms with Crippen molar-refractivity contribution in [3.8, 4) is 5.75 Å². The molecule has 0 amide bonds. The van der Waals surface area contributed by atoms with E-state index in [0.29, 0.717) is 0 Å². The Kier molecular flexibility index (Phi) is 3.42. The highest BCUT2D eigenvalue weighted by Gasteiger charge is 2.24. The summed E-state index contributed by atoms with van der Waals surface area (Å²) >= 11 is 0. The molecule has 19 heavy (non-hydrogen) atoms. The lowest BCUT2D eigenvalue weighted by atomic mass is 9.90. The number of rotatable bonds is 2. The van der Waals surface area contributed by atoms with Gasteiger partial charge in [0, 0.05) is 18.0 Å². The maximum atomic E-state index is 12.4. The van der Waals surface area contributed by atoms with Crippen LogP contribution in [0.4, 0.5) is 5.69 Å². The Balaban J connectivity index is 1.79. The molecule has 2 aliphatic rings. The topological polar surface area (TPSA) is 50.4 Å². The number of benzene rings is 1. The molecule has 1 saturated heterocycles. The summed E-state index contributed by atoms with van der Waals surface area (Å²) in [6.07, 6.45) is 2.25. The Labute approximate surface area is 113 Å². The maximum absolute atomic E-state index is 12.4. The van der Waals surface area contributed by atoms with E-state index in [1.807, 2.05) is 25.1 Å². The molecule has 1 aromatic carbocycles. The molecule has 0 saturated carbocycles. The monoisotopic (exact) mass is 260 g/mol. The van der Waals surface area contributed by atoms with Crippen LogP contribution in [0, 0.1) is 5.92 Å². The number of anilines is 1. The van der Waals surface area contributed by atoms with Crippen molar-refractivity contribution in [1.82, 2.24) is 5.32 Å². The Morgan fingerprint density at radius 3 is 3.05 bits per heavy atom. The molecule has 0 spiro atoms. The summed E-state index contributed by atoms with van der Waals surface area (Å²) in [5.41, 5.74) is 1.73. The fraction of sp³-hybridized carbons (Fsp3) is 0.533. The Hall–Kier alpha value is -1.55. The average Bonchev–Trinajstić information content (AvgIpc) is 2.47. The lowest BCUT2D eigenvalue weighted by molar-refractivity contribution is 0.0899. The highest BCUT2D eigenvalue weighted by Crippen LogP contribution is 2.31. The normalized spacial score (nSPS) is 25.9. The quantitative estimate of drug-likeness (QED) is 0.799. The summed E-state index contributed by atoms with van der Waals surface area (Å²) in [6.45, 7) is 4.65. The lowest BCUT2D eigenvalue weighted by Gasteiger charge is -2.26. The smallest absolute Gasteiger partial charge is 0.167 e. The molecule has 3 rings (SSSR count). The minimum atomic E-state index is 0.121. The number of ether oxygens (including phenoxy) is 1. The molecule has 0 aliphatic carbocycles. The van der Waals surface area contributed by atoms with Gasteiger partial charge in [-0.05, 0) is 44.5 Å². The molecule has 2 N–H and O–H groups in total. The molecular formula is C15H20N2O2. The van der Waals surface area contributed by atoms with E-state index in [1.54, 1.807) is 0 Å². The number of piperidine rings is 1. The zero-order chi connectivity index (χ0) is 13.2. The summed E-state index contributed by atoms with van der Waals surface area (Å²) in [5, 5.41) is 6.61. The van der Waals surface area contributed by atoms with Crippen molar-refractivity contribution >= 4 is 11.5 Å². The summed E-state index contributed by atoms with van der Waals surface area (Å²) in [5.74, 6) is 1.21. The molecule has 4 heteroatoms. The van der Waals surface area contributed by atoms with Gasteiger partial charge in [0.2, 0.25) is 0 Å². The molecular weight excluding hydrogens is 240 g/mol. The third kappa shape index (κ3) is 2.59. The number of fused-ring (bicyclic) bond motifs is 1. The van der Waals surface area contributed by atoms with E-state index in [-0.39, 0.29) is 17.8 Å². The minimum Gasteiger partial charge on any atom is -0.487 e. The highest BCUT2D eigenvalue weighted by atomic mass is 16.5. The van der Waals surface area contributed by atoms with Crippen LogP contribution in [0.3, 0.4) is 0 Å². The van der Waals surface area contributed by atoms with Gasteiger partial charge in [0.1, 0.15) is 11.9 Å². The predicted molar refractivity (Wildman–Crippen MR) is 74.9 cm³/mol. The van der Waals surface area contributed by atoms with Crippen molar-refractivity contribution in [1.29, 1.82) is 0 Å². The van der Waals surface area contributed by atoms with Crippen LogP contribution in [-0.2, 0) is 0 Å². The highest BCUT2D eigenvalue weighted by molar-refractivity contribution is 5.99. The van der Waals surface area contributed by atoms with E-state index < -0.39 is 0 Å². The number of ketones is 1. The fourth-order valence-corrected chi connectivity index (χ4v) is 2.75. The van der Waals surface area contributed by atoms with Crippen molar-refractivity contribution in [2.24, 2.45) is 5.92 Å². The van der Waals surface area contributed by atoms with Crippen molar-refractivity contribution in [3.05, 3.63) is 23.8 Å². The van der Waals surface area contributed by atoms with Crippen molar-refractivity contribution in [2.75, 3.05) is 25.0 Å². The van der Waals surface area contributed by atoms with Crippen LogP contribution >= 0.6 is 0 Å². The van der Waals surface area contributed by atoms with Gasteiger partial charge in [-0.1, -0.05) is 0 Å². The minimum absolute atomic E-state index is 0.121. The molecule has 1 fully saturated rings. The molecule has 0 aromatic heterocycles. The van der Waals surface area contributed by atoms with Crippen LogP contribution in [0.25, 0.3) is 0 Å². The number of hydrogen-bond acceptors (Lipinski definition) is 4. The summed E-state index contributed by atoms with van der Waals surface area (Å²) in [7, 11) is 0. The van der Waals surface area contributed by atoms with Crippen molar-refractivity contribution < 1.29 is 9.53 Å². The van der Waals surface area contributed by atoms with Crippen LogP contribution in [-0.4, -0.2) is 31.5 Å². The molecule has 102 valence electrons. The average molecular weight is 260 g/mol. The summed E-state index contributed by atoms with van der Waals surface area (Å²) in [6, 6.07) is 5.72. The van der Waals surface area contributed by atoms with Gasteiger partial charge in [-0.2, -0.15) is 0 Å². The van der Waals surface area contributed by atoms with Gasteiger partial charge in [0.25, 0.3) is 0 Å².